The van der Waals surface area contributed by atoms with Crippen molar-refractivity contribution in [3.63, 3.8) is 0 Å². The van der Waals surface area contributed by atoms with Crippen LogP contribution in [-0.4, -0.2) is 25.1 Å². The number of carbonyl (C=O) groups is 1. The molecular formula is C17H24O3. The molecular weight excluding hydrogens is 252 g/mol. The van der Waals surface area contributed by atoms with Gasteiger partial charge in [-0.25, -0.2) is 0 Å². The zero-order chi connectivity index (χ0) is 14.4. The number of hydrogen-bond acceptors (Lipinski definition) is 3. The molecule has 1 atom stereocenters. The van der Waals surface area contributed by atoms with Crippen molar-refractivity contribution in [2.24, 2.45) is 0 Å². The predicted octanol–water partition coefficient (Wildman–Crippen LogP) is 3.93. The Kier molecular flexibility index (Phi) is 5.60. The van der Waals surface area contributed by atoms with Gasteiger partial charge in [-0.15, -0.1) is 0 Å². The van der Waals surface area contributed by atoms with Gasteiger partial charge >= 0.3 is 0 Å². The Labute approximate surface area is 121 Å². The number of aryl methyl sites for hydroxylation is 1. The molecule has 3 heteroatoms. The van der Waals surface area contributed by atoms with Gasteiger partial charge < -0.3 is 9.47 Å². The number of benzene rings is 1. The highest BCUT2D eigenvalue weighted by Gasteiger charge is 2.20. The topological polar surface area (TPSA) is 38.8 Å². The highest BCUT2D eigenvalue weighted by atomic mass is 16.6. The summed E-state index contributed by atoms with van der Waals surface area (Å²) in [6.07, 6.45) is 6.58. The van der Waals surface area contributed by atoms with Crippen LogP contribution in [0.3, 0.4) is 0 Å². The fourth-order valence-corrected chi connectivity index (χ4v) is 2.27. The van der Waals surface area contributed by atoms with E-state index >= 15 is 0 Å². The first kappa shape index (κ1) is 15.0. The van der Waals surface area contributed by atoms with E-state index in [1.54, 1.807) is 6.92 Å². The third-order valence-corrected chi connectivity index (χ3v) is 3.66. The summed E-state index contributed by atoms with van der Waals surface area (Å²) in [4.78, 5) is 11.3. The van der Waals surface area contributed by atoms with E-state index in [2.05, 4.69) is 0 Å². The molecule has 2 rings (SSSR count). The van der Waals surface area contributed by atoms with Gasteiger partial charge in [-0.05, 0) is 50.5 Å². The normalized spacial score (nSPS) is 17.0. The number of carbonyl (C=O) groups excluding carboxylic acids is 1. The van der Waals surface area contributed by atoms with E-state index < -0.39 is 0 Å². The zero-order valence-corrected chi connectivity index (χ0v) is 12.5. The van der Waals surface area contributed by atoms with Crippen LogP contribution in [0.1, 0.15) is 54.9 Å². The van der Waals surface area contributed by atoms with Gasteiger partial charge in [0.15, 0.2) is 5.78 Å². The molecule has 1 aromatic rings. The fourth-order valence-electron chi connectivity index (χ4n) is 2.27. The SMILES string of the molecule is CC(=O)c1ccc(OCCCCCCC2CO2)c(C)c1. The van der Waals surface area contributed by atoms with Crippen LogP contribution in [0.2, 0.25) is 0 Å². The molecule has 0 aliphatic carbocycles. The van der Waals surface area contributed by atoms with E-state index in [1.807, 2.05) is 25.1 Å². The number of epoxide rings is 1. The molecule has 20 heavy (non-hydrogen) atoms. The van der Waals surface area contributed by atoms with Crippen molar-refractivity contribution in [3.05, 3.63) is 29.3 Å². The summed E-state index contributed by atoms with van der Waals surface area (Å²) in [5.74, 6) is 0.987. The van der Waals surface area contributed by atoms with Crippen molar-refractivity contribution in [1.29, 1.82) is 0 Å². The Hall–Kier alpha value is -1.35. The van der Waals surface area contributed by atoms with Crippen molar-refractivity contribution >= 4 is 5.78 Å². The number of ether oxygens (including phenoxy) is 2. The minimum absolute atomic E-state index is 0.0966. The molecule has 1 aromatic carbocycles. The van der Waals surface area contributed by atoms with Crippen molar-refractivity contribution in [1.82, 2.24) is 0 Å². The van der Waals surface area contributed by atoms with E-state index in [0.717, 1.165) is 36.5 Å². The van der Waals surface area contributed by atoms with Gasteiger partial charge in [0.2, 0.25) is 0 Å². The molecule has 1 aliphatic heterocycles. The van der Waals surface area contributed by atoms with E-state index in [4.69, 9.17) is 9.47 Å². The van der Waals surface area contributed by atoms with Gasteiger partial charge in [0.1, 0.15) is 5.75 Å². The van der Waals surface area contributed by atoms with Crippen LogP contribution in [-0.2, 0) is 4.74 Å². The molecule has 0 N–H and O–H groups in total. The predicted molar refractivity (Wildman–Crippen MR) is 79.5 cm³/mol. The summed E-state index contributed by atoms with van der Waals surface area (Å²) in [6, 6.07) is 5.63. The Morgan fingerprint density at radius 1 is 1.30 bits per heavy atom. The lowest BCUT2D eigenvalue weighted by atomic mass is 10.1. The molecule has 0 aromatic heterocycles. The average molecular weight is 276 g/mol. The molecule has 110 valence electrons. The number of rotatable bonds is 9. The summed E-state index contributed by atoms with van der Waals surface area (Å²) >= 11 is 0. The van der Waals surface area contributed by atoms with E-state index in [-0.39, 0.29) is 5.78 Å². The molecule has 0 saturated carbocycles. The highest BCUT2D eigenvalue weighted by Crippen LogP contribution is 2.20. The van der Waals surface area contributed by atoms with Crippen molar-refractivity contribution < 1.29 is 14.3 Å². The van der Waals surface area contributed by atoms with Crippen LogP contribution in [0.5, 0.6) is 5.75 Å². The van der Waals surface area contributed by atoms with Gasteiger partial charge in [-0.1, -0.05) is 19.3 Å². The maximum atomic E-state index is 11.3. The van der Waals surface area contributed by atoms with Crippen LogP contribution in [0.4, 0.5) is 0 Å². The second-order valence-corrected chi connectivity index (χ2v) is 5.54. The second kappa shape index (κ2) is 7.44. The van der Waals surface area contributed by atoms with Crippen LogP contribution >= 0.6 is 0 Å². The lowest BCUT2D eigenvalue weighted by Crippen LogP contribution is -2.00. The summed E-state index contributed by atoms with van der Waals surface area (Å²) in [5, 5.41) is 0. The first-order chi connectivity index (χ1) is 9.66. The molecule has 1 unspecified atom stereocenters. The first-order valence-corrected chi connectivity index (χ1v) is 7.53. The van der Waals surface area contributed by atoms with Crippen molar-refractivity contribution in [2.75, 3.05) is 13.2 Å². The van der Waals surface area contributed by atoms with Crippen LogP contribution in [0.15, 0.2) is 18.2 Å². The third-order valence-electron chi connectivity index (χ3n) is 3.66. The Bertz CT molecular complexity index is 450. The van der Waals surface area contributed by atoms with Gasteiger partial charge in [-0.2, -0.15) is 0 Å². The lowest BCUT2D eigenvalue weighted by Gasteiger charge is -2.10. The standard InChI is InChI=1S/C17H24O3/c1-13-11-15(14(2)18)8-9-17(13)19-10-6-4-3-5-7-16-12-20-16/h8-9,11,16H,3-7,10,12H2,1-2H3. The Morgan fingerprint density at radius 2 is 2.05 bits per heavy atom. The third kappa shape index (κ3) is 4.97. The molecule has 0 bridgehead atoms. The van der Waals surface area contributed by atoms with Gasteiger partial charge in [0.05, 0.1) is 19.3 Å². The minimum Gasteiger partial charge on any atom is -0.493 e. The second-order valence-electron chi connectivity index (χ2n) is 5.54. The summed E-state index contributed by atoms with van der Waals surface area (Å²) in [7, 11) is 0. The zero-order valence-electron chi connectivity index (χ0n) is 12.5. The molecule has 1 heterocycles. The lowest BCUT2D eigenvalue weighted by molar-refractivity contribution is 0.101. The van der Waals surface area contributed by atoms with Crippen LogP contribution in [0, 0.1) is 6.92 Å². The van der Waals surface area contributed by atoms with Gasteiger partial charge in [-0.3, -0.25) is 4.79 Å². The molecule has 1 fully saturated rings. The first-order valence-electron chi connectivity index (χ1n) is 7.53. The summed E-state index contributed by atoms with van der Waals surface area (Å²) in [5.41, 5.74) is 1.78. The number of hydrogen-bond donors (Lipinski definition) is 0. The van der Waals surface area contributed by atoms with Gasteiger partial charge in [0.25, 0.3) is 0 Å². The fraction of sp³-hybridized carbons (Fsp3) is 0.588. The van der Waals surface area contributed by atoms with Gasteiger partial charge in [0, 0.05) is 5.56 Å². The molecule has 1 aliphatic rings. The van der Waals surface area contributed by atoms with Crippen LogP contribution in [0.25, 0.3) is 0 Å². The number of Topliss-reactive ketones (excluding diaryl/α,β-unsaturated/α-hetero) is 1. The summed E-state index contributed by atoms with van der Waals surface area (Å²) < 4.78 is 11.0. The average Bonchev–Trinajstić information content (AvgIpc) is 3.23. The molecule has 0 amide bonds. The molecule has 0 radical (unpaired) electrons. The van der Waals surface area contributed by atoms with Crippen LogP contribution < -0.4 is 4.74 Å². The smallest absolute Gasteiger partial charge is 0.159 e. The maximum absolute atomic E-state index is 11.3. The van der Waals surface area contributed by atoms with E-state index in [0.29, 0.717) is 6.10 Å². The Morgan fingerprint density at radius 3 is 2.70 bits per heavy atom. The monoisotopic (exact) mass is 276 g/mol. The van der Waals surface area contributed by atoms with Crippen molar-refractivity contribution in [2.45, 2.75) is 52.1 Å². The Balaban J connectivity index is 1.61. The highest BCUT2D eigenvalue weighted by molar-refractivity contribution is 5.94. The quantitative estimate of drug-likeness (QED) is 0.390. The number of ketones is 1. The van der Waals surface area contributed by atoms with E-state index in [1.165, 1.54) is 25.7 Å². The summed E-state index contributed by atoms with van der Waals surface area (Å²) in [6.45, 7) is 5.29. The molecule has 0 spiro atoms. The largest absolute Gasteiger partial charge is 0.493 e. The van der Waals surface area contributed by atoms with Crippen molar-refractivity contribution in [3.8, 4) is 5.75 Å². The molecule has 3 nitrogen and oxygen atoms in total. The number of unbranched alkanes of at least 4 members (excludes halogenated alkanes) is 3. The molecule has 1 saturated heterocycles. The van der Waals surface area contributed by atoms with E-state index in [9.17, 15) is 4.79 Å². The minimum atomic E-state index is 0.0966. The maximum Gasteiger partial charge on any atom is 0.159 e.